The van der Waals surface area contributed by atoms with Gasteiger partial charge in [0.05, 0.1) is 48.7 Å². The number of hydrogen-bond donors (Lipinski definition) is 8. The molecule has 9 N–H and O–H groups in total. The van der Waals surface area contributed by atoms with Crippen LogP contribution >= 0.6 is 11.3 Å². The maximum atomic E-state index is 14.9. The highest BCUT2D eigenvalue weighted by Gasteiger charge is 2.44. The zero-order valence-electron chi connectivity index (χ0n) is 58.1. The summed E-state index contributed by atoms with van der Waals surface area (Å²) in [6.45, 7) is 18.6. The topological polar surface area (TPSA) is 316 Å². The van der Waals surface area contributed by atoms with Gasteiger partial charge in [0.1, 0.15) is 29.4 Å². The first-order chi connectivity index (χ1) is 45.2. The van der Waals surface area contributed by atoms with Gasteiger partial charge in [-0.2, -0.15) is 0 Å². The fourth-order valence-electron chi connectivity index (χ4n) is 12.8. The van der Waals surface area contributed by atoms with Gasteiger partial charge in [-0.1, -0.05) is 118 Å². The standard InChI is InChI=1S/C70H108N12O12S/c1-14-46(8)62(54(93-12)42-58(86)81-38-22-26-53(81)63(94-13)47(9)64(87)76-52(68-72-36-40-95-68)41-49-23-17-15-18-24-49)80(11)69(91)60(44(4)5)78-67(90)61(45(6)7)79(10)39-34-48-28-30-50(31-29-48)74-65(88)51(25-21-35-73-70(71)92)75-66(89)59(43(2)3)77-55(83)27-19-16-20-37-82-56(84)32-33-57(82)85/h15,17-18,23-24,28-33,36,40,43-47,51-54,56,59-63,84H,14,16,19-22,25-27,34-35,37-39,41-42H2,1-13H3,(H,74,88)(H,75,89)(H,76,87)(H,77,83)(H,78,90)(H3,71,73,92)/t46-,47+,51-,52-,53-,54+,56?,59-,60-,61-,62-,63+/m0/s1. The quantitative estimate of drug-likeness (QED) is 0.0299. The minimum Gasteiger partial charge on any atom is -0.379 e. The second kappa shape index (κ2) is 39.0. The van der Waals surface area contributed by atoms with E-state index in [1.165, 1.54) is 28.4 Å². The number of ether oxygens (including phenoxy) is 2. The molecule has 2 aliphatic rings. The monoisotopic (exact) mass is 1340 g/mol. The zero-order chi connectivity index (χ0) is 70.1. The first kappa shape index (κ1) is 78.4. The third-order valence-corrected chi connectivity index (χ3v) is 19.3. The predicted octanol–water partition coefficient (Wildman–Crippen LogP) is 6.09. The summed E-state index contributed by atoms with van der Waals surface area (Å²) in [5.41, 5.74) is 7.72. The Morgan fingerprint density at radius 2 is 1.48 bits per heavy atom. The number of likely N-dealkylation sites (N-methyl/N-ethyl adjacent to an activating group) is 2. The highest BCUT2D eigenvalue weighted by molar-refractivity contribution is 7.09. The number of aliphatic hydroxyl groups is 1. The number of likely N-dealkylation sites (tertiary alicyclic amines) is 1. The molecule has 1 aromatic heterocycles. The van der Waals surface area contributed by atoms with Gasteiger partial charge in [0.2, 0.25) is 47.3 Å². The van der Waals surface area contributed by atoms with Crippen LogP contribution in [0.5, 0.6) is 0 Å². The number of nitrogens with one attached hydrogen (secondary N) is 6. The molecule has 25 heteroatoms. The number of nitrogens with zero attached hydrogens (tertiary/aromatic N) is 5. The molecule has 2 aliphatic heterocycles. The maximum Gasteiger partial charge on any atom is 0.312 e. The van der Waals surface area contributed by atoms with Crippen molar-refractivity contribution < 1.29 is 57.7 Å². The van der Waals surface area contributed by atoms with E-state index in [1.807, 2.05) is 113 Å². The van der Waals surface area contributed by atoms with Crippen LogP contribution in [0.15, 0.2) is 78.3 Å². The number of unbranched alkanes of at least 4 members (excludes halogenated alkanes) is 2. The number of amides is 10. The predicted molar refractivity (Wildman–Crippen MR) is 367 cm³/mol. The molecule has 1 fully saturated rings. The van der Waals surface area contributed by atoms with Crippen LogP contribution in [0, 0.1) is 29.6 Å². The molecule has 10 amide bonds. The lowest BCUT2D eigenvalue weighted by Crippen LogP contribution is -2.60. The van der Waals surface area contributed by atoms with Crippen molar-refractivity contribution in [2.75, 3.05) is 59.8 Å². The Balaban J connectivity index is 1.18. The number of rotatable bonds is 40. The summed E-state index contributed by atoms with van der Waals surface area (Å²) in [4.78, 5) is 134. The summed E-state index contributed by atoms with van der Waals surface area (Å²) in [6.07, 6.45) is 7.59. The van der Waals surface area contributed by atoms with E-state index < -0.39 is 72.4 Å². The van der Waals surface area contributed by atoms with Crippen LogP contribution in [-0.2, 0) is 60.7 Å². The number of benzene rings is 2. The van der Waals surface area contributed by atoms with Crippen LogP contribution in [0.25, 0.3) is 0 Å². The fourth-order valence-corrected chi connectivity index (χ4v) is 13.5. The summed E-state index contributed by atoms with van der Waals surface area (Å²) < 4.78 is 12.3. The second-order valence-corrected chi connectivity index (χ2v) is 27.4. The molecule has 95 heavy (non-hydrogen) atoms. The lowest BCUT2D eigenvalue weighted by Gasteiger charge is -2.41. The molecule has 0 aliphatic carbocycles. The summed E-state index contributed by atoms with van der Waals surface area (Å²) in [6, 6.07) is 11.6. The average Bonchev–Trinajstić information content (AvgIpc) is 1.81. The minimum atomic E-state index is -1.05. The van der Waals surface area contributed by atoms with Gasteiger partial charge in [0.25, 0.3) is 0 Å². The summed E-state index contributed by atoms with van der Waals surface area (Å²) in [5.74, 6) is -4.17. The van der Waals surface area contributed by atoms with Crippen molar-refractivity contribution in [2.45, 2.75) is 200 Å². The zero-order valence-corrected chi connectivity index (χ0v) is 59.0. The summed E-state index contributed by atoms with van der Waals surface area (Å²) in [5, 5.41) is 30.0. The van der Waals surface area contributed by atoms with Crippen molar-refractivity contribution in [3.05, 3.63) is 94.5 Å². The fraction of sp³-hybridized carbons (Fsp3) is 0.629. The third kappa shape index (κ3) is 23.5. The number of aromatic nitrogens is 1. The van der Waals surface area contributed by atoms with E-state index in [0.717, 1.165) is 22.6 Å². The van der Waals surface area contributed by atoms with E-state index in [4.69, 9.17) is 15.2 Å². The number of anilines is 1. The van der Waals surface area contributed by atoms with Gasteiger partial charge >= 0.3 is 6.03 Å². The van der Waals surface area contributed by atoms with Crippen molar-refractivity contribution in [3.8, 4) is 0 Å². The van der Waals surface area contributed by atoms with E-state index in [0.29, 0.717) is 76.7 Å². The summed E-state index contributed by atoms with van der Waals surface area (Å²) in [7, 11) is 6.71. The molecule has 5 rings (SSSR count). The van der Waals surface area contributed by atoms with Gasteiger partial charge in [-0.05, 0) is 111 Å². The number of primary amides is 1. The molecule has 12 atom stereocenters. The number of thiazole rings is 1. The van der Waals surface area contributed by atoms with Crippen LogP contribution in [0.2, 0.25) is 0 Å². The van der Waals surface area contributed by atoms with Crippen LogP contribution in [0.1, 0.15) is 149 Å². The van der Waals surface area contributed by atoms with Crippen molar-refractivity contribution in [1.82, 2.24) is 51.2 Å². The highest BCUT2D eigenvalue weighted by atomic mass is 32.1. The average molecular weight is 1340 g/mol. The van der Waals surface area contributed by atoms with Gasteiger partial charge < -0.3 is 66.9 Å². The molecule has 1 unspecified atom stereocenters. The number of nitrogens with two attached hydrogens (primary N) is 1. The van der Waals surface area contributed by atoms with Crippen LogP contribution in [-0.4, -0.2) is 192 Å². The number of methoxy groups -OCH3 is 2. The van der Waals surface area contributed by atoms with E-state index >= 15 is 0 Å². The van der Waals surface area contributed by atoms with Gasteiger partial charge in [-0.25, -0.2) is 9.78 Å². The molecule has 0 saturated carbocycles. The highest BCUT2D eigenvalue weighted by Crippen LogP contribution is 2.31. The normalized spacial score (nSPS) is 17.9. The molecule has 0 spiro atoms. The molecule has 0 radical (unpaired) electrons. The smallest absolute Gasteiger partial charge is 0.312 e. The molecule has 3 heterocycles. The number of aliphatic hydroxyl groups excluding tert-OH is 1. The Morgan fingerprint density at radius 1 is 0.789 bits per heavy atom. The molecule has 3 aromatic rings. The molecule has 2 aromatic carbocycles. The van der Waals surface area contributed by atoms with E-state index in [-0.39, 0.29) is 97.0 Å². The van der Waals surface area contributed by atoms with Crippen LogP contribution in [0.4, 0.5) is 10.5 Å². The van der Waals surface area contributed by atoms with Crippen LogP contribution in [0.3, 0.4) is 0 Å². The number of hydrogen-bond acceptors (Lipinski definition) is 15. The van der Waals surface area contributed by atoms with Gasteiger partial charge in [0, 0.05) is 77.2 Å². The van der Waals surface area contributed by atoms with Gasteiger partial charge in [-0.3, -0.25) is 43.3 Å². The van der Waals surface area contributed by atoms with Crippen LogP contribution < -0.4 is 37.6 Å². The number of carbonyl (C=O) groups excluding carboxylic acids is 9. The van der Waals surface area contributed by atoms with Gasteiger partial charge in [0.15, 0.2) is 0 Å². The summed E-state index contributed by atoms with van der Waals surface area (Å²) >= 11 is 1.48. The van der Waals surface area contributed by atoms with E-state index in [2.05, 4.69) is 36.9 Å². The van der Waals surface area contributed by atoms with E-state index in [1.54, 1.807) is 58.3 Å². The van der Waals surface area contributed by atoms with Crippen molar-refractivity contribution in [1.29, 1.82) is 0 Å². The first-order valence-electron chi connectivity index (χ1n) is 33.8. The molecule has 526 valence electrons. The number of carbonyl (C=O) groups is 9. The van der Waals surface area contributed by atoms with Crippen molar-refractivity contribution in [3.63, 3.8) is 0 Å². The Labute approximate surface area is 566 Å². The molecular formula is C70H108N12O12S. The number of urea groups is 1. The molecule has 1 saturated heterocycles. The Kier molecular flexibility index (Phi) is 32.2. The molecular weight excluding hydrogens is 1230 g/mol. The lowest BCUT2D eigenvalue weighted by atomic mass is 9.89. The SMILES string of the molecule is CC[C@H](C)[C@@H]([C@@H](CC(=O)N1CCC[C@H]1[C@H](OC)[C@@H](C)C(=O)N[C@@H](Cc1ccccc1)c1nccs1)OC)N(C)C(=O)[C@@H](NC(=O)[C@H](C(C)C)N(C)CCc1ccc(NC(=O)[C@H](CCCNC(N)=O)NC(=O)[C@@H](NC(=O)CCCCCN2C(=O)C=CC2O)C(C)C)cc1)C(C)C. The molecule has 24 nitrogen and oxygen atoms in total. The lowest BCUT2D eigenvalue weighted by molar-refractivity contribution is -0.148. The Morgan fingerprint density at radius 3 is 2.07 bits per heavy atom. The Hall–Kier alpha value is -7.32. The molecule has 0 bridgehead atoms. The first-order valence-corrected chi connectivity index (χ1v) is 34.6. The van der Waals surface area contributed by atoms with E-state index in [9.17, 15) is 48.3 Å². The van der Waals surface area contributed by atoms with Crippen molar-refractivity contribution >= 4 is 70.3 Å². The Bertz CT molecular complexity index is 2970. The maximum absolute atomic E-state index is 14.9. The minimum absolute atomic E-state index is 0.0282. The van der Waals surface area contributed by atoms with Gasteiger partial charge in [-0.15, -0.1) is 11.3 Å². The van der Waals surface area contributed by atoms with Crippen molar-refractivity contribution in [2.24, 2.45) is 35.3 Å². The largest absolute Gasteiger partial charge is 0.379 e. The second-order valence-electron chi connectivity index (χ2n) is 26.4. The third-order valence-electron chi connectivity index (χ3n) is 18.4.